The average molecular weight is 239 g/mol. The van der Waals surface area contributed by atoms with E-state index in [1.807, 2.05) is 0 Å². The number of carboxylic acid groups (broad SMARTS) is 2. The second-order valence-corrected chi connectivity index (χ2v) is 1.90. The Balaban J connectivity index is 0. The molecule has 0 aromatic rings. The minimum atomic E-state index is -0.944. The van der Waals surface area contributed by atoms with E-state index in [2.05, 4.69) is 0 Å². The fourth-order valence-corrected chi connectivity index (χ4v) is 0.421. The standard InChI is InChI=1S/C6H10O5.GeH4/c7-5(8)1-3-11-4-2-6(9)10;/h1-4H2,(H,7,8)(H,9,10);1H4. The van der Waals surface area contributed by atoms with Gasteiger partial charge in [0.25, 0.3) is 0 Å². The first kappa shape index (κ1) is 14.0. The summed E-state index contributed by atoms with van der Waals surface area (Å²) in [5.74, 6) is -1.89. The molecule has 72 valence electrons. The molecule has 2 N–H and O–H groups in total. The van der Waals surface area contributed by atoms with E-state index in [9.17, 15) is 9.59 Å². The fraction of sp³-hybridized carbons (Fsp3) is 0.667. The molecular formula is C6H14GeO5. The molecule has 0 saturated carbocycles. The van der Waals surface area contributed by atoms with Crippen molar-refractivity contribution in [3.8, 4) is 0 Å². The maximum absolute atomic E-state index is 9.90. The van der Waals surface area contributed by atoms with Crippen molar-refractivity contribution in [2.75, 3.05) is 13.2 Å². The second-order valence-electron chi connectivity index (χ2n) is 1.90. The molecule has 0 aromatic heterocycles. The predicted octanol–water partition coefficient (Wildman–Crippen LogP) is -1.50. The molecule has 0 radical (unpaired) electrons. The SMILES string of the molecule is O=C(O)CCOCCC(=O)O.[GeH4]. The molecule has 0 spiro atoms. The van der Waals surface area contributed by atoms with Gasteiger partial charge in [-0.15, -0.1) is 0 Å². The molecule has 0 rings (SSSR count). The third-order valence-corrected chi connectivity index (χ3v) is 0.921. The zero-order chi connectivity index (χ0) is 8.69. The number of carboxylic acids is 2. The molecule has 12 heavy (non-hydrogen) atoms. The van der Waals surface area contributed by atoms with Crippen LogP contribution in [0, 0.1) is 0 Å². The Morgan fingerprint density at radius 3 is 1.58 bits per heavy atom. The molecule has 0 heterocycles. The van der Waals surface area contributed by atoms with Gasteiger partial charge in [-0.05, 0) is 0 Å². The van der Waals surface area contributed by atoms with Gasteiger partial charge in [-0.2, -0.15) is 0 Å². The van der Waals surface area contributed by atoms with Gasteiger partial charge in [0, 0.05) is 0 Å². The van der Waals surface area contributed by atoms with Crippen LogP contribution in [0.2, 0.25) is 0 Å². The third-order valence-electron chi connectivity index (χ3n) is 0.921. The molecule has 0 aliphatic heterocycles. The van der Waals surface area contributed by atoms with E-state index < -0.39 is 11.9 Å². The summed E-state index contributed by atoms with van der Waals surface area (Å²) < 4.78 is 4.69. The van der Waals surface area contributed by atoms with Crippen LogP contribution in [0.15, 0.2) is 0 Å². The van der Waals surface area contributed by atoms with Gasteiger partial charge in [0.2, 0.25) is 0 Å². The van der Waals surface area contributed by atoms with Crippen molar-refractivity contribution in [3.63, 3.8) is 0 Å². The molecule has 0 fully saturated rings. The van der Waals surface area contributed by atoms with Gasteiger partial charge in [0.05, 0.1) is 26.1 Å². The average Bonchev–Trinajstić information content (AvgIpc) is 1.85. The van der Waals surface area contributed by atoms with E-state index in [-0.39, 0.29) is 43.7 Å². The summed E-state index contributed by atoms with van der Waals surface area (Å²) in [5.41, 5.74) is 0. The van der Waals surface area contributed by atoms with Gasteiger partial charge in [0.15, 0.2) is 0 Å². The van der Waals surface area contributed by atoms with E-state index in [0.717, 1.165) is 0 Å². The molecule has 0 aliphatic rings. The fourth-order valence-electron chi connectivity index (χ4n) is 0.421. The van der Waals surface area contributed by atoms with E-state index >= 15 is 0 Å². The normalized spacial score (nSPS) is 8.67. The molecule has 0 aliphatic carbocycles. The van der Waals surface area contributed by atoms with Crippen LogP contribution >= 0.6 is 0 Å². The van der Waals surface area contributed by atoms with Crippen LogP contribution in [0.1, 0.15) is 12.8 Å². The van der Waals surface area contributed by atoms with Crippen LogP contribution in [-0.2, 0) is 14.3 Å². The van der Waals surface area contributed by atoms with Gasteiger partial charge in [-0.3, -0.25) is 9.59 Å². The summed E-state index contributed by atoms with van der Waals surface area (Å²) in [6, 6.07) is 0. The Morgan fingerprint density at radius 1 is 1.00 bits per heavy atom. The van der Waals surface area contributed by atoms with E-state index in [1.54, 1.807) is 0 Å². The van der Waals surface area contributed by atoms with Crippen LogP contribution in [0.25, 0.3) is 0 Å². The minimum absolute atomic E-state index is 0. The first-order valence-electron chi connectivity index (χ1n) is 3.14. The van der Waals surface area contributed by atoms with Crippen LogP contribution in [0.5, 0.6) is 0 Å². The van der Waals surface area contributed by atoms with Crippen LogP contribution in [-0.4, -0.2) is 53.0 Å². The Bertz CT molecular complexity index is 131. The molecule has 6 heteroatoms. The summed E-state index contributed by atoms with van der Waals surface area (Å²) in [7, 11) is 0. The Hall–Kier alpha value is -0.557. The van der Waals surface area contributed by atoms with Gasteiger partial charge < -0.3 is 14.9 Å². The summed E-state index contributed by atoms with van der Waals surface area (Å²) in [5, 5.41) is 16.3. The number of aliphatic carboxylic acids is 2. The molecule has 0 bridgehead atoms. The van der Waals surface area contributed by atoms with Crippen LogP contribution < -0.4 is 0 Å². The Morgan fingerprint density at radius 2 is 1.33 bits per heavy atom. The zero-order valence-corrected chi connectivity index (χ0v) is 5.95. The molecular weight excluding hydrogens is 225 g/mol. The van der Waals surface area contributed by atoms with Crippen molar-refractivity contribution < 1.29 is 24.5 Å². The predicted molar refractivity (Wildman–Crippen MR) is 46.7 cm³/mol. The maximum atomic E-state index is 9.90. The first-order chi connectivity index (χ1) is 5.13. The van der Waals surface area contributed by atoms with Gasteiger partial charge in [0.1, 0.15) is 0 Å². The van der Waals surface area contributed by atoms with Crippen molar-refractivity contribution in [2.24, 2.45) is 0 Å². The van der Waals surface area contributed by atoms with E-state index in [0.29, 0.717) is 0 Å². The van der Waals surface area contributed by atoms with Crippen molar-refractivity contribution in [1.82, 2.24) is 0 Å². The first-order valence-corrected chi connectivity index (χ1v) is 3.14. The molecule has 0 amide bonds. The summed E-state index contributed by atoms with van der Waals surface area (Å²) >= 11 is 0. The molecule has 5 nitrogen and oxygen atoms in total. The van der Waals surface area contributed by atoms with Crippen LogP contribution in [0.3, 0.4) is 0 Å². The van der Waals surface area contributed by atoms with E-state index in [4.69, 9.17) is 14.9 Å². The van der Waals surface area contributed by atoms with Crippen molar-refractivity contribution in [1.29, 1.82) is 0 Å². The summed E-state index contributed by atoms with van der Waals surface area (Å²) in [4.78, 5) is 19.8. The summed E-state index contributed by atoms with van der Waals surface area (Å²) in [6.07, 6.45) is -0.167. The molecule has 0 saturated heterocycles. The zero-order valence-electron chi connectivity index (χ0n) is 5.95. The summed E-state index contributed by atoms with van der Waals surface area (Å²) in [6.45, 7) is 0.144. The quantitative estimate of drug-likeness (QED) is 0.435. The van der Waals surface area contributed by atoms with Crippen LogP contribution in [0.4, 0.5) is 0 Å². The molecule has 0 atom stereocenters. The Kier molecular flexibility index (Phi) is 9.96. The number of ether oxygens (including phenoxy) is 1. The van der Waals surface area contributed by atoms with Crippen molar-refractivity contribution in [2.45, 2.75) is 12.8 Å². The number of rotatable bonds is 6. The van der Waals surface area contributed by atoms with Crippen molar-refractivity contribution in [3.05, 3.63) is 0 Å². The monoisotopic (exact) mass is 240 g/mol. The van der Waals surface area contributed by atoms with E-state index in [1.165, 1.54) is 0 Å². The van der Waals surface area contributed by atoms with Gasteiger partial charge in [-0.1, -0.05) is 0 Å². The van der Waals surface area contributed by atoms with Gasteiger partial charge in [-0.25, -0.2) is 0 Å². The molecule has 0 aromatic carbocycles. The second kappa shape index (κ2) is 8.54. The third kappa shape index (κ3) is 12.2. The number of hydrogen-bond donors (Lipinski definition) is 2. The van der Waals surface area contributed by atoms with Gasteiger partial charge >= 0.3 is 29.5 Å². The number of carbonyl (C=O) groups is 2. The van der Waals surface area contributed by atoms with Crippen molar-refractivity contribution >= 4 is 29.5 Å². The topological polar surface area (TPSA) is 83.8 Å². The number of hydrogen-bond acceptors (Lipinski definition) is 3. The Labute approximate surface area is 80.7 Å². The molecule has 0 unspecified atom stereocenters.